The number of hydrogen-bond acceptors (Lipinski definition) is 3. The van der Waals surface area contributed by atoms with E-state index in [1.807, 2.05) is 18.2 Å². The van der Waals surface area contributed by atoms with Crippen LogP contribution >= 0.6 is 11.2 Å². The molecule has 0 unspecified atom stereocenters. The van der Waals surface area contributed by atoms with E-state index in [1.54, 1.807) is 14.2 Å². The van der Waals surface area contributed by atoms with Crippen molar-refractivity contribution in [1.29, 1.82) is 0 Å². The van der Waals surface area contributed by atoms with E-state index >= 15 is 0 Å². The Morgan fingerprint density at radius 2 is 1.34 bits per heavy atom. The molecule has 156 valence electrons. The number of rotatable bonds is 7. The molecule has 4 heteroatoms. The number of benzene rings is 2. The van der Waals surface area contributed by atoms with Crippen LogP contribution in [0.4, 0.5) is 0 Å². The van der Waals surface area contributed by atoms with Gasteiger partial charge in [0.15, 0.2) is 0 Å². The van der Waals surface area contributed by atoms with E-state index in [0.29, 0.717) is 16.6 Å². The Labute approximate surface area is 182 Å². The van der Waals surface area contributed by atoms with Crippen LogP contribution in [0.5, 0.6) is 11.5 Å². The molecule has 0 saturated carbocycles. The molecule has 0 saturated heterocycles. The molecule has 0 fully saturated rings. The highest BCUT2D eigenvalue weighted by Gasteiger charge is 2.44. The van der Waals surface area contributed by atoms with Crippen LogP contribution in [0.1, 0.15) is 52.7 Å². The fraction of sp³-hybridized carbons (Fsp3) is 0.440. The van der Waals surface area contributed by atoms with Gasteiger partial charge in [-0.15, -0.1) is 11.2 Å². The van der Waals surface area contributed by atoms with Gasteiger partial charge in [-0.2, -0.15) is 0 Å². The molecule has 2 aromatic carbocycles. The summed E-state index contributed by atoms with van der Waals surface area (Å²) >= 11 is 2.12. The van der Waals surface area contributed by atoms with Gasteiger partial charge in [0.1, 0.15) is 18.7 Å². The summed E-state index contributed by atoms with van der Waals surface area (Å²) in [6, 6.07) is 14.3. The molecule has 0 amide bonds. The second-order valence-corrected chi connectivity index (χ2v) is 16.8. The first-order chi connectivity index (χ1) is 13.8. The standard InChI is InChI=1S/C25H34O2SSi/c1-18(2)29(19(3)4,20(5)6)28-25-12-10-9-11-22(25)14-13-21-15-16-23(26-7)17-24(21)27-8/h9-12,15-20H,1-8H3. The zero-order valence-electron chi connectivity index (χ0n) is 19.0. The van der Waals surface area contributed by atoms with Gasteiger partial charge in [-0.25, -0.2) is 0 Å². The van der Waals surface area contributed by atoms with E-state index < -0.39 is 7.22 Å². The smallest absolute Gasteiger partial charge is 0.138 e. The van der Waals surface area contributed by atoms with Crippen molar-refractivity contribution in [2.24, 2.45) is 0 Å². The number of methoxy groups -OCH3 is 2. The highest BCUT2D eigenvalue weighted by molar-refractivity contribution is 8.29. The number of ether oxygens (including phenoxy) is 2. The molecule has 0 spiro atoms. The van der Waals surface area contributed by atoms with Crippen LogP contribution in [0.2, 0.25) is 16.6 Å². The first kappa shape index (κ1) is 23.4. The van der Waals surface area contributed by atoms with Gasteiger partial charge >= 0.3 is 0 Å². The van der Waals surface area contributed by atoms with Crippen LogP contribution in [0.3, 0.4) is 0 Å². The SMILES string of the molecule is COc1ccc(C#Cc2ccccc2S[Si](C(C)C)(C(C)C)C(C)C)c(OC)c1. The Hall–Kier alpha value is -1.83. The van der Waals surface area contributed by atoms with Crippen molar-refractivity contribution >= 4 is 18.4 Å². The molecular weight excluding hydrogens is 392 g/mol. The van der Waals surface area contributed by atoms with Crippen LogP contribution < -0.4 is 9.47 Å². The summed E-state index contributed by atoms with van der Waals surface area (Å²) < 4.78 is 10.8. The van der Waals surface area contributed by atoms with Crippen LogP contribution in [0.25, 0.3) is 0 Å². The lowest BCUT2D eigenvalue weighted by Gasteiger charge is -2.42. The first-order valence-electron chi connectivity index (χ1n) is 10.3. The van der Waals surface area contributed by atoms with Gasteiger partial charge in [-0.3, -0.25) is 0 Å². The third kappa shape index (κ3) is 5.21. The van der Waals surface area contributed by atoms with E-state index in [2.05, 4.69) is 88.9 Å². The third-order valence-corrected chi connectivity index (χ3v) is 17.9. The monoisotopic (exact) mass is 426 g/mol. The van der Waals surface area contributed by atoms with Gasteiger partial charge in [0.05, 0.1) is 19.8 Å². The molecule has 0 aliphatic heterocycles. The molecule has 0 N–H and O–H groups in total. The quantitative estimate of drug-likeness (QED) is 0.340. The van der Waals surface area contributed by atoms with Gasteiger partial charge < -0.3 is 9.47 Å². The molecule has 2 aromatic rings. The minimum atomic E-state index is -1.63. The molecule has 0 aliphatic rings. The molecule has 2 nitrogen and oxygen atoms in total. The average Bonchev–Trinajstić information content (AvgIpc) is 2.70. The minimum Gasteiger partial charge on any atom is -0.497 e. The van der Waals surface area contributed by atoms with Gasteiger partial charge in [-0.05, 0) is 40.9 Å². The lowest BCUT2D eigenvalue weighted by molar-refractivity contribution is 0.393. The maximum Gasteiger partial charge on any atom is 0.138 e. The average molecular weight is 427 g/mol. The molecule has 0 heterocycles. The molecule has 0 aromatic heterocycles. The molecule has 0 radical (unpaired) electrons. The van der Waals surface area contributed by atoms with Crippen molar-refractivity contribution in [3.05, 3.63) is 53.6 Å². The van der Waals surface area contributed by atoms with E-state index in [9.17, 15) is 0 Å². The lowest BCUT2D eigenvalue weighted by Crippen LogP contribution is -2.41. The van der Waals surface area contributed by atoms with E-state index in [1.165, 1.54) is 4.90 Å². The van der Waals surface area contributed by atoms with Crippen molar-refractivity contribution in [3.8, 4) is 23.3 Å². The van der Waals surface area contributed by atoms with Crippen molar-refractivity contribution in [3.63, 3.8) is 0 Å². The fourth-order valence-corrected chi connectivity index (χ4v) is 13.5. The van der Waals surface area contributed by atoms with Gasteiger partial charge in [0, 0.05) is 16.5 Å². The van der Waals surface area contributed by atoms with Gasteiger partial charge in [-0.1, -0.05) is 65.5 Å². The van der Waals surface area contributed by atoms with Crippen LogP contribution in [-0.4, -0.2) is 21.4 Å². The van der Waals surface area contributed by atoms with E-state index in [0.717, 1.165) is 22.6 Å². The van der Waals surface area contributed by atoms with Crippen LogP contribution in [0, 0.1) is 11.8 Å². The molecule has 29 heavy (non-hydrogen) atoms. The first-order valence-corrected chi connectivity index (χ1v) is 14.1. The van der Waals surface area contributed by atoms with Crippen molar-refractivity contribution < 1.29 is 9.47 Å². The Morgan fingerprint density at radius 1 is 0.759 bits per heavy atom. The van der Waals surface area contributed by atoms with Crippen molar-refractivity contribution in [2.75, 3.05) is 14.2 Å². The highest BCUT2D eigenvalue weighted by Crippen LogP contribution is 2.52. The Bertz CT molecular complexity index is 856. The van der Waals surface area contributed by atoms with E-state index in [-0.39, 0.29) is 0 Å². The molecule has 0 atom stereocenters. The molecule has 0 aliphatic carbocycles. The van der Waals surface area contributed by atoms with Crippen LogP contribution in [0.15, 0.2) is 47.4 Å². The zero-order chi connectivity index (χ0) is 21.6. The summed E-state index contributed by atoms with van der Waals surface area (Å²) in [6.07, 6.45) is 0. The normalized spacial score (nSPS) is 11.6. The maximum absolute atomic E-state index is 5.50. The third-order valence-electron chi connectivity index (χ3n) is 5.62. The number of hydrogen-bond donors (Lipinski definition) is 0. The fourth-order valence-electron chi connectivity index (χ4n) is 4.24. The van der Waals surface area contributed by atoms with E-state index in [4.69, 9.17) is 9.47 Å². The molecular formula is C25H34O2SSi. The predicted octanol–water partition coefficient (Wildman–Crippen LogP) is 7.37. The summed E-state index contributed by atoms with van der Waals surface area (Å²) in [4.78, 5) is 1.30. The summed E-state index contributed by atoms with van der Waals surface area (Å²) in [5, 5.41) is 0. The molecule has 2 rings (SSSR count). The summed E-state index contributed by atoms with van der Waals surface area (Å²) in [5.74, 6) is 8.23. The Kier molecular flexibility index (Phi) is 8.31. The Morgan fingerprint density at radius 3 is 1.90 bits per heavy atom. The van der Waals surface area contributed by atoms with Gasteiger partial charge in [0.2, 0.25) is 0 Å². The second-order valence-electron chi connectivity index (χ2n) is 8.23. The zero-order valence-corrected chi connectivity index (χ0v) is 20.8. The Balaban J connectivity index is 2.47. The van der Waals surface area contributed by atoms with Gasteiger partial charge in [0.25, 0.3) is 0 Å². The largest absolute Gasteiger partial charge is 0.497 e. The molecule has 0 bridgehead atoms. The summed E-state index contributed by atoms with van der Waals surface area (Å²) in [6.45, 7) is 14.4. The maximum atomic E-state index is 5.50. The predicted molar refractivity (Wildman–Crippen MR) is 129 cm³/mol. The van der Waals surface area contributed by atoms with Crippen molar-refractivity contribution in [2.45, 2.75) is 63.1 Å². The van der Waals surface area contributed by atoms with Crippen molar-refractivity contribution in [1.82, 2.24) is 0 Å². The minimum absolute atomic E-state index is 0.690. The van der Waals surface area contributed by atoms with Crippen LogP contribution in [-0.2, 0) is 0 Å². The summed E-state index contributed by atoms with van der Waals surface area (Å²) in [5.41, 5.74) is 4.03. The topological polar surface area (TPSA) is 18.5 Å². The highest BCUT2D eigenvalue weighted by atomic mass is 32.4. The second kappa shape index (κ2) is 10.3. The summed E-state index contributed by atoms with van der Waals surface area (Å²) in [7, 11) is 1.69. The lowest BCUT2D eigenvalue weighted by atomic mass is 10.1.